The maximum Gasteiger partial charge on any atom is 0.349 e. The van der Waals surface area contributed by atoms with Crippen LogP contribution in [-0.4, -0.2) is 18.4 Å². The molecule has 136 valence electrons. The van der Waals surface area contributed by atoms with E-state index >= 15 is 0 Å². The zero-order valence-corrected chi connectivity index (χ0v) is 15.3. The van der Waals surface area contributed by atoms with Crippen molar-refractivity contribution in [1.82, 2.24) is 0 Å². The van der Waals surface area contributed by atoms with Gasteiger partial charge in [0, 0.05) is 11.1 Å². The average molecular weight is 360 g/mol. The molecule has 0 unspecified atom stereocenters. The van der Waals surface area contributed by atoms with Gasteiger partial charge in [-0.05, 0) is 49.2 Å². The number of benzene rings is 3. The molecule has 0 bridgehead atoms. The van der Waals surface area contributed by atoms with Gasteiger partial charge in [-0.25, -0.2) is 4.79 Å². The number of esters is 1. The summed E-state index contributed by atoms with van der Waals surface area (Å²) in [5.74, 6) is 0.486. The molecule has 0 atom stereocenters. The summed E-state index contributed by atoms with van der Waals surface area (Å²) >= 11 is 0. The van der Waals surface area contributed by atoms with E-state index < -0.39 is 5.97 Å². The fraction of sp³-hybridized carbons (Fsp3) is 0.130. The summed E-state index contributed by atoms with van der Waals surface area (Å²) in [6.07, 6.45) is 0. The monoisotopic (exact) mass is 360 g/mol. The van der Waals surface area contributed by atoms with Crippen molar-refractivity contribution < 1.29 is 19.1 Å². The van der Waals surface area contributed by atoms with Crippen molar-refractivity contribution in [2.75, 3.05) is 6.61 Å². The summed E-state index contributed by atoms with van der Waals surface area (Å²) in [4.78, 5) is 24.4. The number of para-hydroxylation sites is 1. The van der Waals surface area contributed by atoms with Crippen LogP contribution in [0, 0.1) is 13.8 Å². The maximum atomic E-state index is 12.4. The molecule has 3 aromatic carbocycles. The molecule has 0 heterocycles. The molecular formula is C23H20O4. The van der Waals surface area contributed by atoms with Crippen LogP contribution in [0.25, 0.3) is 0 Å². The number of hydrogen-bond donors (Lipinski definition) is 0. The van der Waals surface area contributed by atoms with E-state index in [0.717, 1.165) is 11.1 Å². The molecule has 0 N–H and O–H groups in total. The number of hydrogen-bond acceptors (Lipinski definition) is 4. The number of carbonyl (C=O) groups excluding carboxylic acids is 2. The lowest BCUT2D eigenvalue weighted by Crippen LogP contribution is -2.18. The molecule has 3 aromatic rings. The Morgan fingerprint density at radius 2 is 1.33 bits per heavy atom. The van der Waals surface area contributed by atoms with Gasteiger partial charge < -0.3 is 9.47 Å². The molecule has 27 heavy (non-hydrogen) atoms. The number of rotatable bonds is 6. The van der Waals surface area contributed by atoms with E-state index in [1.165, 1.54) is 0 Å². The first kappa shape index (κ1) is 18.4. The standard InChI is InChI=1S/C23H20O4/c1-16-7-6-8-17(2)23(16)26-15-21(24)27-20-13-11-19(12-14-20)22(25)18-9-4-3-5-10-18/h3-14H,15H2,1-2H3. The summed E-state index contributed by atoms with van der Waals surface area (Å²) < 4.78 is 10.9. The minimum atomic E-state index is -0.500. The fourth-order valence-electron chi connectivity index (χ4n) is 2.75. The smallest absolute Gasteiger partial charge is 0.349 e. The van der Waals surface area contributed by atoms with Gasteiger partial charge in [-0.1, -0.05) is 48.5 Å². The SMILES string of the molecule is Cc1cccc(C)c1OCC(=O)Oc1ccc(C(=O)c2ccccc2)cc1. The van der Waals surface area contributed by atoms with Crippen LogP contribution in [0.3, 0.4) is 0 Å². The van der Waals surface area contributed by atoms with Crippen molar-refractivity contribution in [2.24, 2.45) is 0 Å². The Bertz CT molecular complexity index is 924. The van der Waals surface area contributed by atoms with Crippen LogP contribution in [0.1, 0.15) is 27.0 Å². The maximum absolute atomic E-state index is 12.4. The highest BCUT2D eigenvalue weighted by Gasteiger charge is 2.11. The third kappa shape index (κ3) is 4.61. The van der Waals surface area contributed by atoms with Crippen molar-refractivity contribution in [3.63, 3.8) is 0 Å². The van der Waals surface area contributed by atoms with Crippen LogP contribution in [0.5, 0.6) is 11.5 Å². The van der Waals surface area contributed by atoms with E-state index in [4.69, 9.17) is 9.47 Å². The molecule has 0 aliphatic heterocycles. The van der Waals surface area contributed by atoms with Crippen LogP contribution in [0.2, 0.25) is 0 Å². The van der Waals surface area contributed by atoms with Gasteiger partial charge >= 0.3 is 5.97 Å². The molecule has 0 aliphatic rings. The zero-order valence-electron chi connectivity index (χ0n) is 15.3. The van der Waals surface area contributed by atoms with Crippen molar-refractivity contribution in [2.45, 2.75) is 13.8 Å². The highest BCUT2D eigenvalue weighted by Crippen LogP contribution is 2.22. The zero-order chi connectivity index (χ0) is 19.2. The molecular weight excluding hydrogens is 340 g/mol. The molecule has 0 radical (unpaired) electrons. The van der Waals surface area contributed by atoms with Crippen molar-refractivity contribution in [3.8, 4) is 11.5 Å². The number of ether oxygens (including phenoxy) is 2. The van der Waals surface area contributed by atoms with Crippen molar-refractivity contribution in [3.05, 3.63) is 95.1 Å². The third-order valence-electron chi connectivity index (χ3n) is 4.13. The van der Waals surface area contributed by atoms with Crippen LogP contribution in [0.4, 0.5) is 0 Å². The molecule has 0 aromatic heterocycles. The Kier molecular flexibility index (Phi) is 5.67. The second-order valence-electron chi connectivity index (χ2n) is 6.20. The Morgan fingerprint density at radius 3 is 1.96 bits per heavy atom. The first-order valence-corrected chi connectivity index (χ1v) is 8.64. The fourth-order valence-corrected chi connectivity index (χ4v) is 2.75. The molecule has 0 saturated carbocycles. The van der Waals surface area contributed by atoms with E-state index in [1.807, 2.05) is 50.2 Å². The molecule has 4 heteroatoms. The first-order valence-electron chi connectivity index (χ1n) is 8.64. The van der Waals surface area contributed by atoms with E-state index in [9.17, 15) is 9.59 Å². The number of carbonyl (C=O) groups is 2. The van der Waals surface area contributed by atoms with Gasteiger partial charge in [0.2, 0.25) is 0 Å². The van der Waals surface area contributed by atoms with E-state index in [1.54, 1.807) is 36.4 Å². The van der Waals surface area contributed by atoms with Crippen LogP contribution >= 0.6 is 0 Å². The molecule has 0 saturated heterocycles. The van der Waals surface area contributed by atoms with E-state index in [0.29, 0.717) is 22.6 Å². The minimum Gasteiger partial charge on any atom is -0.481 e. The van der Waals surface area contributed by atoms with Gasteiger partial charge in [-0.2, -0.15) is 0 Å². The first-order chi connectivity index (χ1) is 13.0. The highest BCUT2D eigenvalue weighted by molar-refractivity contribution is 6.09. The Morgan fingerprint density at radius 1 is 0.741 bits per heavy atom. The molecule has 0 fully saturated rings. The Balaban J connectivity index is 1.59. The van der Waals surface area contributed by atoms with Crippen LogP contribution in [-0.2, 0) is 4.79 Å². The van der Waals surface area contributed by atoms with Crippen molar-refractivity contribution >= 4 is 11.8 Å². The Hall–Kier alpha value is -3.40. The second kappa shape index (κ2) is 8.32. The van der Waals surface area contributed by atoms with Gasteiger partial charge in [0.1, 0.15) is 11.5 Å². The van der Waals surface area contributed by atoms with Crippen molar-refractivity contribution in [1.29, 1.82) is 0 Å². The summed E-state index contributed by atoms with van der Waals surface area (Å²) in [7, 11) is 0. The summed E-state index contributed by atoms with van der Waals surface area (Å²) in [6, 6.07) is 21.3. The van der Waals surface area contributed by atoms with Gasteiger partial charge in [0.25, 0.3) is 0 Å². The molecule has 4 nitrogen and oxygen atoms in total. The van der Waals surface area contributed by atoms with Gasteiger partial charge in [-0.3, -0.25) is 4.79 Å². The quantitative estimate of drug-likeness (QED) is 0.368. The molecule has 0 aliphatic carbocycles. The topological polar surface area (TPSA) is 52.6 Å². The lowest BCUT2D eigenvalue weighted by atomic mass is 10.0. The second-order valence-corrected chi connectivity index (χ2v) is 6.20. The largest absolute Gasteiger partial charge is 0.481 e. The third-order valence-corrected chi connectivity index (χ3v) is 4.13. The van der Waals surface area contributed by atoms with Gasteiger partial charge in [-0.15, -0.1) is 0 Å². The lowest BCUT2D eigenvalue weighted by molar-refractivity contribution is -0.136. The minimum absolute atomic E-state index is 0.0770. The van der Waals surface area contributed by atoms with E-state index in [2.05, 4.69) is 0 Å². The molecule has 0 spiro atoms. The molecule has 3 rings (SSSR count). The Labute approximate surface area is 158 Å². The van der Waals surface area contributed by atoms with Gasteiger partial charge in [0.05, 0.1) is 0 Å². The van der Waals surface area contributed by atoms with Gasteiger partial charge in [0.15, 0.2) is 12.4 Å². The van der Waals surface area contributed by atoms with Crippen LogP contribution in [0.15, 0.2) is 72.8 Å². The summed E-state index contributed by atoms with van der Waals surface area (Å²) in [5, 5.41) is 0. The number of ketones is 1. The normalized spacial score (nSPS) is 10.3. The predicted octanol–water partition coefficient (Wildman–Crippen LogP) is 4.52. The van der Waals surface area contributed by atoms with Crippen LogP contribution < -0.4 is 9.47 Å². The lowest BCUT2D eigenvalue weighted by Gasteiger charge is -2.11. The summed E-state index contributed by atoms with van der Waals surface area (Å²) in [5.41, 5.74) is 3.08. The predicted molar refractivity (Wildman–Crippen MR) is 103 cm³/mol. The molecule has 0 amide bonds. The van der Waals surface area contributed by atoms with E-state index in [-0.39, 0.29) is 12.4 Å². The summed E-state index contributed by atoms with van der Waals surface area (Å²) in [6.45, 7) is 3.67. The average Bonchev–Trinajstić information content (AvgIpc) is 2.68. The highest BCUT2D eigenvalue weighted by atomic mass is 16.6. The number of aryl methyl sites for hydroxylation is 2.